The zero-order chi connectivity index (χ0) is 23.3. The molecule has 0 radical (unpaired) electrons. The molecule has 168 valence electrons. The Hall–Kier alpha value is -3.33. The smallest absolute Gasteiger partial charge is 0.263 e. The molecule has 0 aromatic heterocycles. The Balaban J connectivity index is 1.45. The molecule has 5 rings (SSSR count). The fourth-order valence-electron chi connectivity index (χ4n) is 4.77. The van der Waals surface area contributed by atoms with E-state index >= 15 is 0 Å². The van der Waals surface area contributed by atoms with Gasteiger partial charge in [0.1, 0.15) is 6.04 Å². The zero-order valence-electron chi connectivity index (χ0n) is 17.5. The molecule has 0 spiro atoms. The normalized spacial score (nSPS) is 21.4. The number of halogens is 1. The lowest BCUT2D eigenvalue weighted by Crippen LogP contribution is -2.54. The molecule has 2 N–H and O–H groups in total. The molecule has 2 aliphatic heterocycles. The largest absolute Gasteiger partial charge is 0.343 e. The second-order valence-electron chi connectivity index (χ2n) is 8.57. The first kappa shape index (κ1) is 21.5. The first-order valence-electron chi connectivity index (χ1n) is 10.7. The maximum Gasteiger partial charge on any atom is 0.263 e. The Morgan fingerprint density at radius 1 is 1.03 bits per heavy atom. The van der Waals surface area contributed by atoms with Crippen molar-refractivity contribution < 1.29 is 24.0 Å². The van der Waals surface area contributed by atoms with E-state index in [-0.39, 0.29) is 29.5 Å². The van der Waals surface area contributed by atoms with Gasteiger partial charge in [0.05, 0.1) is 22.2 Å². The van der Waals surface area contributed by atoms with Gasteiger partial charge in [-0.25, -0.2) is 0 Å². The Bertz CT molecular complexity index is 1220. The van der Waals surface area contributed by atoms with Crippen LogP contribution in [-0.4, -0.2) is 40.5 Å². The van der Waals surface area contributed by atoms with Crippen LogP contribution in [0.4, 0.5) is 0 Å². The highest BCUT2D eigenvalue weighted by molar-refractivity contribution is 9.10. The third-order valence-electron chi connectivity index (χ3n) is 6.67. The highest BCUT2D eigenvalue weighted by Crippen LogP contribution is 2.42. The summed E-state index contributed by atoms with van der Waals surface area (Å²) in [6.45, 7) is 0. The highest BCUT2D eigenvalue weighted by Gasteiger charge is 2.47. The van der Waals surface area contributed by atoms with Gasteiger partial charge in [0.2, 0.25) is 11.8 Å². The molecule has 2 fully saturated rings. The van der Waals surface area contributed by atoms with Crippen LogP contribution in [0.1, 0.15) is 68.7 Å². The molecule has 0 bridgehead atoms. The number of carbonyl (C=O) groups is 5. The summed E-state index contributed by atoms with van der Waals surface area (Å²) in [6, 6.07) is 11.2. The second kappa shape index (κ2) is 7.91. The van der Waals surface area contributed by atoms with Crippen molar-refractivity contribution in [3.05, 3.63) is 69.2 Å². The zero-order valence-corrected chi connectivity index (χ0v) is 19.1. The minimum Gasteiger partial charge on any atom is -0.343 e. The number of hydrogen-bond donors (Lipinski definition) is 2. The minimum atomic E-state index is -1.08. The van der Waals surface area contributed by atoms with Gasteiger partial charge in [0.15, 0.2) is 0 Å². The lowest BCUT2D eigenvalue weighted by atomic mass is 9.71. The minimum absolute atomic E-state index is 0.00465. The number of amides is 5. The van der Waals surface area contributed by atoms with Gasteiger partial charge in [-0.05, 0) is 55.5 Å². The molecule has 1 saturated carbocycles. The summed E-state index contributed by atoms with van der Waals surface area (Å²) in [6.07, 6.45) is 2.59. The van der Waals surface area contributed by atoms with Crippen LogP contribution in [-0.2, 0) is 15.1 Å². The molecule has 5 amide bonds. The van der Waals surface area contributed by atoms with Gasteiger partial charge in [-0.2, -0.15) is 0 Å². The molecule has 1 unspecified atom stereocenters. The van der Waals surface area contributed by atoms with Crippen LogP contribution >= 0.6 is 15.9 Å². The van der Waals surface area contributed by atoms with Crippen LogP contribution in [0.15, 0.2) is 46.9 Å². The van der Waals surface area contributed by atoms with Crippen molar-refractivity contribution in [2.45, 2.75) is 43.7 Å². The summed E-state index contributed by atoms with van der Waals surface area (Å²) < 4.78 is 0.936. The SMILES string of the molecule is O=C1CCC(N2C(=O)c3cccc(C(=O)NC4(c5ccc(Br)cc5)CCC4)c3C2=O)C(=O)N1. The van der Waals surface area contributed by atoms with Crippen molar-refractivity contribution in [1.82, 2.24) is 15.5 Å². The molecule has 1 saturated heterocycles. The molecular formula is C24H20BrN3O5. The number of nitrogens with one attached hydrogen (secondary N) is 2. The van der Waals surface area contributed by atoms with Gasteiger partial charge in [-0.1, -0.05) is 34.1 Å². The number of hydrogen-bond acceptors (Lipinski definition) is 5. The number of rotatable bonds is 4. The summed E-state index contributed by atoms with van der Waals surface area (Å²) in [5.41, 5.74) is 0.628. The molecule has 8 nitrogen and oxygen atoms in total. The number of imide groups is 2. The predicted molar refractivity (Wildman–Crippen MR) is 120 cm³/mol. The van der Waals surface area contributed by atoms with Crippen molar-refractivity contribution in [3.63, 3.8) is 0 Å². The van der Waals surface area contributed by atoms with Crippen LogP contribution in [0, 0.1) is 0 Å². The van der Waals surface area contributed by atoms with Crippen molar-refractivity contribution in [3.8, 4) is 0 Å². The van der Waals surface area contributed by atoms with E-state index in [4.69, 9.17) is 0 Å². The lowest BCUT2D eigenvalue weighted by molar-refractivity contribution is -0.136. The van der Waals surface area contributed by atoms with E-state index in [2.05, 4.69) is 26.6 Å². The third kappa shape index (κ3) is 3.47. The number of nitrogens with zero attached hydrogens (tertiary/aromatic N) is 1. The van der Waals surface area contributed by atoms with Crippen LogP contribution in [0.25, 0.3) is 0 Å². The first-order valence-corrected chi connectivity index (χ1v) is 11.5. The molecule has 9 heteroatoms. The lowest BCUT2D eigenvalue weighted by Gasteiger charge is -2.43. The van der Waals surface area contributed by atoms with Gasteiger partial charge in [-0.15, -0.1) is 0 Å². The van der Waals surface area contributed by atoms with Gasteiger partial charge in [0.25, 0.3) is 17.7 Å². The predicted octanol–water partition coefficient (Wildman–Crippen LogP) is 2.66. The molecule has 2 aromatic carbocycles. The summed E-state index contributed by atoms with van der Waals surface area (Å²) in [5, 5.41) is 5.27. The van der Waals surface area contributed by atoms with Gasteiger partial charge < -0.3 is 5.32 Å². The van der Waals surface area contributed by atoms with E-state index in [0.29, 0.717) is 0 Å². The second-order valence-corrected chi connectivity index (χ2v) is 9.49. The third-order valence-corrected chi connectivity index (χ3v) is 7.20. The fraction of sp³-hybridized carbons (Fsp3) is 0.292. The first-order chi connectivity index (χ1) is 15.8. The molecule has 2 heterocycles. The van der Waals surface area contributed by atoms with E-state index in [0.717, 1.165) is 34.2 Å². The number of benzene rings is 2. The highest BCUT2D eigenvalue weighted by atomic mass is 79.9. The van der Waals surface area contributed by atoms with Gasteiger partial charge >= 0.3 is 0 Å². The molecule has 1 atom stereocenters. The van der Waals surface area contributed by atoms with Crippen LogP contribution < -0.4 is 10.6 Å². The van der Waals surface area contributed by atoms with E-state index < -0.39 is 41.1 Å². The maximum atomic E-state index is 13.4. The topological polar surface area (TPSA) is 113 Å². The van der Waals surface area contributed by atoms with Crippen molar-refractivity contribution in [1.29, 1.82) is 0 Å². The molecular weight excluding hydrogens is 490 g/mol. The van der Waals surface area contributed by atoms with Crippen LogP contribution in [0.3, 0.4) is 0 Å². The number of carbonyl (C=O) groups excluding carboxylic acids is 5. The summed E-state index contributed by atoms with van der Waals surface area (Å²) in [4.78, 5) is 64.3. The Labute approximate surface area is 197 Å². The van der Waals surface area contributed by atoms with Crippen molar-refractivity contribution in [2.75, 3.05) is 0 Å². The van der Waals surface area contributed by atoms with Crippen LogP contribution in [0.2, 0.25) is 0 Å². The summed E-state index contributed by atoms with van der Waals surface area (Å²) >= 11 is 3.42. The quantitative estimate of drug-likeness (QED) is 0.615. The molecule has 3 aliphatic rings. The standard InChI is InChI=1S/C24H20BrN3O5/c25-14-7-5-13(6-8-14)24(11-2-12-24)27-20(30)15-3-1-4-16-19(15)23(33)28(22(16)32)17-9-10-18(29)26-21(17)31/h1,3-8,17H,2,9-12H2,(H,27,30)(H,26,29,31). The van der Waals surface area contributed by atoms with E-state index in [1.165, 1.54) is 12.1 Å². The molecule has 2 aromatic rings. The monoisotopic (exact) mass is 509 g/mol. The Kier molecular flexibility index (Phi) is 5.16. The number of fused-ring (bicyclic) bond motifs is 1. The summed E-state index contributed by atoms with van der Waals surface area (Å²) in [5.74, 6) is -2.89. The Morgan fingerprint density at radius 3 is 2.39 bits per heavy atom. The number of piperidine rings is 1. The van der Waals surface area contributed by atoms with E-state index in [1.54, 1.807) is 6.07 Å². The Morgan fingerprint density at radius 2 is 1.76 bits per heavy atom. The van der Waals surface area contributed by atoms with Crippen LogP contribution in [0.5, 0.6) is 0 Å². The average molecular weight is 510 g/mol. The van der Waals surface area contributed by atoms with E-state index in [1.807, 2.05) is 24.3 Å². The molecule has 1 aliphatic carbocycles. The van der Waals surface area contributed by atoms with E-state index in [9.17, 15) is 24.0 Å². The van der Waals surface area contributed by atoms with Crippen molar-refractivity contribution in [2.24, 2.45) is 0 Å². The van der Waals surface area contributed by atoms with Gasteiger partial charge in [0, 0.05) is 10.9 Å². The fourth-order valence-corrected chi connectivity index (χ4v) is 5.04. The van der Waals surface area contributed by atoms with Gasteiger partial charge in [-0.3, -0.25) is 34.2 Å². The summed E-state index contributed by atoms with van der Waals surface area (Å²) in [7, 11) is 0. The maximum absolute atomic E-state index is 13.4. The average Bonchev–Trinajstić information content (AvgIpc) is 3.02. The molecule has 33 heavy (non-hydrogen) atoms. The van der Waals surface area contributed by atoms with Crippen molar-refractivity contribution >= 4 is 45.5 Å².